The van der Waals surface area contributed by atoms with Crippen LogP contribution in [0.25, 0.3) is 0 Å². The molecule has 2 aromatic heterocycles. The van der Waals surface area contributed by atoms with E-state index in [4.69, 9.17) is 9.47 Å². The van der Waals surface area contributed by atoms with Crippen molar-refractivity contribution in [3.8, 4) is 11.8 Å². The fourth-order valence-electron chi connectivity index (χ4n) is 2.50. The van der Waals surface area contributed by atoms with E-state index in [0.717, 1.165) is 6.42 Å². The first-order valence-corrected chi connectivity index (χ1v) is 7.48. The Hall–Kier alpha value is -2.51. The molecule has 1 fully saturated rings. The molecule has 7 nitrogen and oxygen atoms in total. The van der Waals surface area contributed by atoms with Gasteiger partial charge in [-0.3, -0.25) is 0 Å². The van der Waals surface area contributed by atoms with Crippen LogP contribution in [0.2, 0.25) is 0 Å². The molecule has 0 aromatic carbocycles. The molecule has 1 aliphatic heterocycles. The third-order valence-electron chi connectivity index (χ3n) is 3.73. The SMILES string of the molecule is CCc1ncnc(N2CCC(Oc3ncc(OC)cn3)C2)c1F. The van der Waals surface area contributed by atoms with Crippen LogP contribution >= 0.6 is 0 Å². The Morgan fingerprint density at radius 2 is 2.04 bits per heavy atom. The highest BCUT2D eigenvalue weighted by atomic mass is 19.1. The predicted octanol–water partition coefficient (Wildman–Crippen LogP) is 1.63. The highest BCUT2D eigenvalue weighted by Crippen LogP contribution is 2.24. The molecule has 3 heterocycles. The summed E-state index contributed by atoms with van der Waals surface area (Å²) in [4.78, 5) is 18.0. The van der Waals surface area contributed by atoms with Crippen molar-refractivity contribution in [1.29, 1.82) is 0 Å². The van der Waals surface area contributed by atoms with Crippen molar-refractivity contribution in [3.05, 3.63) is 30.2 Å². The monoisotopic (exact) mass is 319 g/mol. The number of nitrogens with zero attached hydrogens (tertiary/aromatic N) is 5. The standard InChI is InChI=1S/C15H18FN5O2/c1-3-12-13(16)14(20-9-19-12)21-5-4-10(8-21)23-15-17-6-11(22-2)7-18-15/h6-7,9-10H,3-5,8H2,1-2H3. The summed E-state index contributed by atoms with van der Waals surface area (Å²) >= 11 is 0. The quantitative estimate of drug-likeness (QED) is 0.829. The van der Waals surface area contributed by atoms with Crippen molar-refractivity contribution in [2.24, 2.45) is 0 Å². The number of hydrogen-bond donors (Lipinski definition) is 0. The molecule has 122 valence electrons. The minimum absolute atomic E-state index is 0.108. The van der Waals surface area contributed by atoms with Gasteiger partial charge in [0.2, 0.25) is 0 Å². The average molecular weight is 319 g/mol. The van der Waals surface area contributed by atoms with Crippen LogP contribution in [0.1, 0.15) is 19.0 Å². The van der Waals surface area contributed by atoms with Gasteiger partial charge in [0, 0.05) is 13.0 Å². The van der Waals surface area contributed by atoms with Gasteiger partial charge >= 0.3 is 6.01 Å². The third-order valence-corrected chi connectivity index (χ3v) is 3.73. The van der Waals surface area contributed by atoms with E-state index >= 15 is 0 Å². The Kier molecular flexibility index (Phi) is 4.50. The highest BCUT2D eigenvalue weighted by Gasteiger charge is 2.28. The molecule has 0 bridgehead atoms. The van der Waals surface area contributed by atoms with Crippen molar-refractivity contribution in [3.63, 3.8) is 0 Å². The molecular formula is C15H18FN5O2. The molecule has 0 aliphatic carbocycles. The Morgan fingerprint density at radius 3 is 2.74 bits per heavy atom. The van der Waals surface area contributed by atoms with Crippen molar-refractivity contribution in [2.45, 2.75) is 25.9 Å². The molecule has 0 saturated carbocycles. The van der Waals surface area contributed by atoms with Crippen LogP contribution in [0, 0.1) is 5.82 Å². The summed E-state index contributed by atoms with van der Waals surface area (Å²) in [5, 5.41) is 0. The third kappa shape index (κ3) is 3.30. The van der Waals surface area contributed by atoms with E-state index in [1.807, 2.05) is 11.8 Å². The zero-order valence-corrected chi connectivity index (χ0v) is 13.1. The number of anilines is 1. The average Bonchev–Trinajstić information content (AvgIpc) is 3.04. The summed E-state index contributed by atoms with van der Waals surface area (Å²) in [5.41, 5.74) is 0.429. The number of rotatable bonds is 5. The number of hydrogen-bond acceptors (Lipinski definition) is 7. The molecule has 0 amide bonds. The second-order valence-electron chi connectivity index (χ2n) is 5.19. The van der Waals surface area contributed by atoms with Crippen LogP contribution in [-0.2, 0) is 6.42 Å². The summed E-state index contributed by atoms with van der Waals surface area (Å²) < 4.78 is 25.1. The lowest BCUT2D eigenvalue weighted by Gasteiger charge is -2.18. The highest BCUT2D eigenvalue weighted by molar-refractivity contribution is 5.42. The summed E-state index contributed by atoms with van der Waals surface area (Å²) in [5.74, 6) is 0.551. The van der Waals surface area contributed by atoms with Gasteiger partial charge in [-0.05, 0) is 6.42 Å². The Labute approximate surface area is 133 Å². The fourth-order valence-corrected chi connectivity index (χ4v) is 2.50. The maximum Gasteiger partial charge on any atom is 0.316 e. The van der Waals surface area contributed by atoms with Gasteiger partial charge in [0.05, 0.1) is 31.7 Å². The largest absolute Gasteiger partial charge is 0.494 e. The van der Waals surface area contributed by atoms with Gasteiger partial charge in [-0.25, -0.2) is 14.4 Å². The fraction of sp³-hybridized carbons (Fsp3) is 0.467. The van der Waals surface area contributed by atoms with Gasteiger partial charge in [0.1, 0.15) is 12.4 Å². The molecular weight excluding hydrogens is 301 g/mol. The molecule has 0 spiro atoms. The summed E-state index contributed by atoms with van der Waals surface area (Å²) in [7, 11) is 1.55. The summed E-state index contributed by atoms with van der Waals surface area (Å²) in [6, 6.07) is 0.287. The Balaban J connectivity index is 1.66. The Morgan fingerprint density at radius 1 is 1.26 bits per heavy atom. The summed E-state index contributed by atoms with van der Waals surface area (Å²) in [6.07, 6.45) is 5.68. The van der Waals surface area contributed by atoms with E-state index in [1.165, 1.54) is 6.33 Å². The van der Waals surface area contributed by atoms with E-state index in [9.17, 15) is 4.39 Å². The van der Waals surface area contributed by atoms with Crippen molar-refractivity contribution >= 4 is 5.82 Å². The minimum atomic E-state index is -0.351. The van der Waals surface area contributed by atoms with Gasteiger partial charge in [0.15, 0.2) is 17.4 Å². The lowest BCUT2D eigenvalue weighted by molar-refractivity contribution is 0.205. The van der Waals surface area contributed by atoms with Gasteiger partial charge in [0.25, 0.3) is 0 Å². The zero-order valence-electron chi connectivity index (χ0n) is 13.1. The van der Waals surface area contributed by atoms with Crippen molar-refractivity contribution in [2.75, 3.05) is 25.1 Å². The van der Waals surface area contributed by atoms with Crippen LogP contribution in [0.15, 0.2) is 18.7 Å². The Bertz CT molecular complexity index is 667. The number of halogens is 1. The molecule has 8 heteroatoms. The van der Waals surface area contributed by atoms with E-state index in [0.29, 0.717) is 36.8 Å². The minimum Gasteiger partial charge on any atom is -0.494 e. The number of aromatic nitrogens is 4. The van der Waals surface area contributed by atoms with Crippen LogP contribution in [0.3, 0.4) is 0 Å². The van der Waals surface area contributed by atoms with Crippen molar-refractivity contribution in [1.82, 2.24) is 19.9 Å². The van der Waals surface area contributed by atoms with E-state index in [2.05, 4.69) is 19.9 Å². The first-order valence-electron chi connectivity index (χ1n) is 7.48. The van der Waals surface area contributed by atoms with E-state index in [-0.39, 0.29) is 17.9 Å². The number of aryl methyl sites for hydroxylation is 1. The normalized spacial score (nSPS) is 17.3. The lowest BCUT2D eigenvalue weighted by Crippen LogP contribution is -2.27. The maximum atomic E-state index is 14.3. The first kappa shape index (κ1) is 15.4. The maximum absolute atomic E-state index is 14.3. The van der Waals surface area contributed by atoms with E-state index in [1.54, 1.807) is 19.5 Å². The van der Waals surface area contributed by atoms with Crippen molar-refractivity contribution < 1.29 is 13.9 Å². The smallest absolute Gasteiger partial charge is 0.316 e. The van der Waals surface area contributed by atoms with E-state index < -0.39 is 0 Å². The zero-order chi connectivity index (χ0) is 16.2. The van der Waals surface area contributed by atoms with Crippen LogP contribution in [0.5, 0.6) is 11.8 Å². The van der Waals surface area contributed by atoms with Gasteiger partial charge in [-0.2, -0.15) is 9.97 Å². The second-order valence-corrected chi connectivity index (χ2v) is 5.19. The molecule has 0 N–H and O–H groups in total. The predicted molar refractivity (Wildman–Crippen MR) is 81.2 cm³/mol. The molecule has 0 radical (unpaired) electrons. The molecule has 23 heavy (non-hydrogen) atoms. The number of ether oxygens (including phenoxy) is 2. The van der Waals surface area contributed by atoms with Crippen LogP contribution in [0.4, 0.5) is 10.2 Å². The molecule has 1 saturated heterocycles. The van der Waals surface area contributed by atoms with Crippen LogP contribution in [-0.4, -0.2) is 46.2 Å². The van der Waals surface area contributed by atoms with Crippen LogP contribution < -0.4 is 14.4 Å². The molecule has 1 atom stereocenters. The first-order chi connectivity index (χ1) is 11.2. The molecule has 2 aromatic rings. The lowest BCUT2D eigenvalue weighted by atomic mass is 10.3. The topological polar surface area (TPSA) is 73.3 Å². The van der Waals surface area contributed by atoms with Gasteiger partial charge in [-0.15, -0.1) is 0 Å². The van der Waals surface area contributed by atoms with Gasteiger partial charge < -0.3 is 14.4 Å². The number of methoxy groups -OCH3 is 1. The second kappa shape index (κ2) is 6.72. The molecule has 1 unspecified atom stereocenters. The molecule has 3 rings (SSSR count). The molecule has 1 aliphatic rings. The van der Waals surface area contributed by atoms with Gasteiger partial charge in [-0.1, -0.05) is 6.92 Å². The summed E-state index contributed by atoms with van der Waals surface area (Å²) in [6.45, 7) is 3.07.